The molecule has 0 atom stereocenters. The van der Waals surface area contributed by atoms with Gasteiger partial charge in [-0.15, -0.1) is 11.8 Å². The second kappa shape index (κ2) is 7.93. The van der Waals surface area contributed by atoms with Crippen molar-refractivity contribution in [3.05, 3.63) is 63.7 Å². The molecule has 0 saturated carbocycles. The van der Waals surface area contributed by atoms with E-state index in [1.807, 2.05) is 36.4 Å². The summed E-state index contributed by atoms with van der Waals surface area (Å²) in [7, 11) is 0. The molecule has 0 bridgehead atoms. The zero-order valence-corrected chi connectivity index (χ0v) is 15.8. The van der Waals surface area contributed by atoms with Gasteiger partial charge in [-0.1, -0.05) is 37.9 Å². The molecule has 0 radical (unpaired) electrons. The molecule has 0 aliphatic heterocycles. The molecule has 0 saturated heterocycles. The van der Waals surface area contributed by atoms with Gasteiger partial charge in [-0.25, -0.2) is 9.66 Å². The smallest absolute Gasteiger partial charge is 0.280 e. The average Bonchev–Trinajstić information content (AvgIpc) is 2.60. The summed E-state index contributed by atoms with van der Waals surface area (Å²) < 4.78 is 1.42. The highest BCUT2D eigenvalue weighted by Crippen LogP contribution is 2.29. The van der Waals surface area contributed by atoms with E-state index in [1.165, 1.54) is 11.0 Å². The maximum absolute atomic E-state index is 12.9. The Balaban J connectivity index is 2.03. The topological polar surface area (TPSA) is 46.9 Å². The summed E-state index contributed by atoms with van der Waals surface area (Å²) in [5.74, 6) is 0.932. The zero-order chi connectivity index (χ0) is 17.8. The van der Waals surface area contributed by atoms with Crippen molar-refractivity contribution in [1.29, 1.82) is 0 Å². The van der Waals surface area contributed by atoms with Gasteiger partial charge in [0.25, 0.3) is 5.56 Å². The van der Waals surface area contributed by atoms with Gasteiger partial charge in [0.2, 0.25) is 0 Å². The lowest BCUT2D eigenvalue weighted by molar-refractivity contribution is 0.872. The molecule has 6 heteroatoms. The predicted molar refractivity (Wildman–Crippen MR) is 107 cm³/mol. The summed E-state index contributed by atoms with van der Waals surface area (Å²) in [6.07, 6.45) is 3.51. The number of hydrogen-bond acceptors (Lipinski definition) is 4. The van der Waals surface area contributed by atoms with Gasteiger partial charge < -0.3 is 0 Å². The highest BCUT2D eigenvalue weighted by Gasteiger charge is 2.08. The fourth-order valence-electron chi connectivity index (χ4n) is 2.69. The summed E-state index contributed by atoms with van der Waals surface area (Å²) in [6, 6.07) is 11.5. The molecule has 3 aromatic rings. The number of nitrogens with one attached hydrogen (secondary N) is 1. The molecular formula is C19H20ClN3OS. The summed E-state index contributed by atoms with van der Waals surface area (Å²) in [6.45, 7) is 4.21. The average molecular weight is 374 g/mol. The largest absolute Gasteiger partial charge is 0.289 e. The molecule has 0 aliphatic rings. The Labute approximate surface area is 156 Å². The maximum Gasteiger partial charge on any atom is 0.280 e. The number of benzene rings is 2. The Kier molecular flexibility index (Phi) is 5.66. The Morgan fingerprint density at radius 1 is 1.20 bits per heavy atom. The second-order valence-electron chi connectivity index (χ2n) is 5.71. The number of halogens is 1. The Morgan fingerprint density at radius 2 is 2.04 bits per heavy atom. The Morgan fingerprint density at radius 3 is 2.80 bits per heavy atom. The van der Waals surface area contributed by atoms with E-state index in [2.05, 4.69) is 24.3 Å². The first-order valence-corrected chi connectivity index (χ1v) is 9.68. The fraction of sp³-hybridized carbons (Fsp3) is 0.263. The van der Waals surface area contributed by atoms with Crippen molar-refractivity contribution in [2.24, 2.45) is 0 Å². The normalized spacial score (nSPS) is 11.0. The third-order valence-electron chi connectivity index (χ3n) is 3.84. The van der Waals surface area contributed by atoms with Gasteiger partial charge in [0.05, 0.1) is 16.6 Å². The predicted octanol–water partition coefficient (Wildman–Crippen LogP) is 4.99. The van der Waals surface area contributed by atoms with Crippen molar-refractivity contribution >= 4 is 40.0 Å². The molecule has 0 amide bonds. The molecule has 1 N–H and O–H groups in total. The SMILES string of the molecule is CCCc1ccc2ncn(Nc3cc(Cl)ccc3SCC)c(=O)c2c1. The molecule has 130 valence electrons. The number of nitrogens with zero attached hydrogens (tertiary/aromatic N) is 2. The van der Waals surface area contributed by atoms with Crippen LogP contribution in [0.15, 0.2) is 52.4 Å². The van der Waals surface area contributed by atoms with Crippen LogP contribution in [0.1, 0.15) is 25.8 Å². The van der Waals surface area contributed by atoms with E-state index in [0.29, 0.717) is 15.9 Å². The van der Waals surface area contributed by atoms with Crippen LogP contribution in [0.2, 0.25) is 5.02 Å². The monoisotopic (exact) mass is 373 g/mol. The van der Waals surface area contributed by atoms with Gasteiger partial charge in [0.1, 0.15) is 6.33 Å². The number of fused-ring (bicyclic) bond motifs is 1. The Hall–Kier alpha value is -1.98. The van der Waals surface area contributed by atoms with Crippen LogP contribution in [0, 0.1) is 0 Å². The summed E-state index contributed by atoms with van der Waals surface area (Å²) in [5, 5.41) is 1.24. The minimum Gasteiger partial charge on any atom is -0.289 e. The number of aryl methyl sites for hydroxylation is 1. The van der Waals surface area contributed by atoms with Gasteiger partial charge in [-0.3, -0.25) is 10.2 Å². The van der Waals surface area contributed by atoms with Crippen molar-refractivity contribution in [3.8, 4) is 0 Å². The highest BCUT2D eigenvalue weighted by molar-refractivity contribution is 7.99. The third kappa shape index (κ3) is 3.99. The van der Waals surface area contributed by atoms with E-state index in [4.69, 9.17) is 11.6 Å². The number of hydrogen-bond donors (Lipinski definition) is 1. The minimum atomic E-state index is -0.115. The maximum atomic E-state index is 12.9. The van der Waals surface area contributed by atoms with Crippen LogP contribution in [0.25, 0.3) is 10.9 Å². The van der Waals surface area contributed by atoms with Gasteiger partial charge in [0.15, 0.2) is 0 Å². The molecule has 1 aromatic heterocycles. The van der Waals surface area contributed by atoms with Crippen LogP contribution < -0.4 is 11.0 Å². The summed E-state index contributed by atoms with van der Waals surface area (Å²) in [5.41, 5.74) is 5.68. The van der Waals surface area contributed by atoms with Gasteiger partial charge >= 0.3 is 0 Å². The van der Waals surface area contributed by atoms with Crippen molar-refractivity contribution in [3.63, 3.8) is 0 Å². The molecule has 0 aliphatic carbocycles. The minimum absolute atomic E-state index is 0.115. The van der Waals surface area contributed by atoms with Crippen LogP contribution in [0.4, 0.5) is 5.69 Å². The zero-order valence-electron chi connectivity index (χ0n) is 14.3. The van der Waals surface area contributed by atoms with Crippen LogP contribution in [-0.2, 0) is 6.42 Å². The molecule has 1 heterocycles. The first-order valence-electron chi connectivity index (χ1n) is 8.32. The van der Waals surface area contributed by atoms with Crippen molar-refractivity contribution in [2.45, 2.75) is 31.6 Å². The number of thioether (sulfide) groups is 1. The first-order chi connectivity index (χ1) is 12.1. The molecule has 3 rings (SSSR count). The third-order valence-corrected chi connectivity index (χ3v) is 5.03. The molecule has 4 nitrogen and oxygen atoms in total. The van der Waals surface area contributed by atoms with Gasteiger partial charge in [-0.2, -0.15) is 0 Å². The standard InChI is InChI=1S/C19H20ClN3OS/c1-3-5-13-6-8-16-15(10-13)19(24)23(12-21-16)22-17-11-14(20)7-9-18(17)25-4-2/h6-12,22H,3-5H2,1-2H3. The molecular weight excluding hydrogens is 354 g/mol. The lowest BCUT2D eigenvalue weighted by Crippen LogP contribution is -2.26. The van der Waals surface area contributed by atoms with Crippen LogP contribution in [-0.4, -0.2) is 15.4 Å². The van der Waals surface area contributed by atoms with E-state index in [-0.39, 0.29) is 5.56 Å². The van der Waals surface area contributed by atoms with E-state index < -0.39 is 0 Å². The number of rotatable bonds is 6. The first kappa shape index (κ1) is 17.8. The second-order valence-corrected chi connectivity index (χ2v) is 7.45. The molecule has 0 spiro atoms. The van der Waals surface area contributed by atoms with Crippen molar-refractivity contribution in [2.75, 3.05) is 11.2 Å². The number of aromatic nitrogens is 2. The molecule has 0 unspecified atom stereocenters. The van der Waals surface area contributed by atoms with Crippen LogP contribution in [0.5, 0.6) is 0 Å². The van der Waals surface area contributed by atoms with Gasteiger partial charge in [0, 0.05) is 9.92 Å². The summed E-state index contributed by atoms with van der Waals surface area (Å²) in [4.78, 5) is 18.3. The molecule has 2 aromatic carbocycles. The van der Waals surface area contributed by atoms with E-state index >= 15 is 0 Å². The number of anilines is 1. The van der Waals surface area contributed by atoms with E-state index in [0.717, 1.165) is 34.7 Å². The molecule has 0 fully saturated rings. The van der Waals surface area contributed by atoms with E-state index in [1.54, 1.807) is 11.8 Å². The van der Waals surface area contributed by atoms with Crippen LogP contribution >= 0.6 is 23.4 Å². The van der Waals surface area contributed by atoms with Crippen molar-refractivity contribution in [1.82, 2.24) is 9.66 Å². The van der Waals surface area contributed by atoms with Crippen LogP contribution in [0.3, 0.4) is 0 Å². The van der Waals surface area contributed by atoms with E-state index in [9.17, 15) is 4.79 Å². The van der Waals surface area contributed by atoms with Gasteiger partial charge in [-0.05, 0) is 48.1 Å². The highest BCUT2D eigenvalue weighted by atomic mass is 35.5. The Bertz CT molecular complexity index is 955. The van der Waals surface area contributed by atoms with Crippen molar-refractivity contribution < 1.29 is 0 Å². The summed E-state index contributed by atoms with van der Waals surface area (Å²) >= 11 is 7.81. The quantitative estimate of drug-likeness (QED) is 0.618. The molecule has 25 heavy (non-hydrogen) atoms. The fourth-order valence-corrected chi connectivity index (χ4v) is 3.60. The lowest BCUT2D eigenvalue weighted by Gasteiger charge is -2.14. The lowest BCUT2D eigenvalue weighted by atomic mass is 10.1.